The van der Waals surface area contributed by atoms with Gasteiger partial charge in [0, 0.05) is 0 Å². The van der Waals surface area contributed by atoms with Crippen LogP contribution in [0, 0.1) is 13.8 Å². The Bertz CT molecular complexity index is 413. The van der Waals surface area contributed by atoms with Gasteiger partial charge in [0.15, 0.2) is 6.04 Å². The Morgan fingerprint density at radius 2 is 2.19 bits per heavy atom. The zero-order valence-corrected chi connectivity index (χ0v) is 8.91. The van der Waals surface area contributed by atoms with Crippen LogP contribution >= 0.6 is 0 Å². The summed E-state index contributed by atoms with van der Waals surface area (Å²) >= 11 is 0. The van der Waals surface area contributed by atoms with E-state index in [0.717, 1.165) is 0 Å². The van der Waals surface area contributed by atoms with Crippen LogP contribution in [-0.2, 0) is 4.79 Å². The van der Waals surface area contributed by atoms with Crippen molar-refractivity contribution in [2.75, 3.05) is 6.67 Å². The monoisotopic (exact) mass is 229 g/mol. The summed E-state index contributed by atoms with van der Waals surface area (Å²) in [6.45, 7) is 2.08. The van der Waals surface area contributed by atoms with Crippen molar-refractivity contribution in [1.29, 1.82) is 0 Å². The molecule has 1 amide bonds. The van der Waals surface area contributed by atoms with Crippen LogP contribution < -0.4 is 5.32 Å². The lowest BCUT2D eigenvalue weighted by Gasteiger charge is -2.09. The molecule has 0 aliphatic carbocycles. The molecule has 1 unspecified atom stereocenters. The van der Waals surface area contributed by atoms with Crippen LogP contribution in [0.25, 0.3) is 0 Å². The van der Waals surface area contributed by atoms with E-state index in [1.807, 2.05) is 0 Å². The largest absolute Gasteiger partial charge is 0.480 e. The van der Waals surface area contributed by atoms with Crippen molar-refractivity contribution in [3.8, 4) is 0 Å². The highest BCUT2D eigenvalue weighted by Gasteiger charge is 2.22. The molecule has 0 spiro atoms. The van der Waals surface area contributed by atoms with Crippen molar-refractivity contribution in [3.63, 3.8) is 0 Å². The van der Waals surface area contributed by atoms with Crippen molar-refractivity contribution in [1.82, 2.24) is 5.32 Å². The standard InChI is InChI=1S/C10H12FNO4/c1-5-3-7(6(2)16-5)9(13)12-8(4-11)10(14)15/h3,8H,4H2,1-2H3,(H,12,13)(H,14,15). The van der Waals surface area contributed by atoms with Crippen molar-refractivity contribution >= 4 is 11.9 Å². The second-order valence-electron chi connectivity index (χ2n) is 3.35. The lowest BCUT2D eigenvalue weighted by Crippen LogP contribution is -2.42. The fourth-order valence-electron chi connectivity index (χ4n) is 1.26. The molecule has 1 heterocycles. The Balaban J connectivity index is 2.79. The van der Waals surface area contributed by atoms with Crippen LogP contribution in [0.3, 0.4) is 0 Å². The first-order valence-corrected chi connectivity index (χ1v) is 4.62. The number of hydrogen-bond acceptors (Lipinski definition) is 3. The summed E-state index contributed by atoms with van der Waals surface area (Å²) in [6.07, 6.45) is 0. The number of carbonyl (C=O) groups excluding carboxylic acids is 1. The zero-order valence-electron chi connectivity index (χ0n) is 8.91. The molecule has 5 nitrogen and oxygen atoms in total. The number of carboxylic acids is 1. The third-order valence-corrected chi connectivity index (χ3v) is 2.04. The fourth-order valence-corrected chi connectivity index (χ4v) is 1.26. The first kappa shape index (κ1) is 12.2. The lowest BCUT2D eigenvalue weighted by atomic mass is 10.2. The van der Waals surface area contributed by atoms with Gasteiger partial charge in [0.05, 0.1) is 5.56 Å². The molecule has 0 bridgehead atoms. The first-order valence-electron chi connectivity index (χ1n) is 4.62. The molecule has 88 valence electrons. The highest BCUT2D eigenvalue weighted by molar-refractivity contribution is 5.97. The molecule has 0 saturated heterocycles. The highest BCUT2D eigenvalue weighted by Crippen LogP contribution is 2.13. The fraction of sp³-hybridized carbons (Fsp3) is 0.400. The predicted octanol–water partition coefficient (Wildman–Crippen LogP) is 1.05. The minimum atomic E-state index is -1.53. The minimum absolute atomic E-state index is 0.220. The predicted molar refractivity (Wildman–Crippen MR) is 53.0 cm³/mol. The Labute approximate surface area is 91.2 Å². The van der Waals surface area contributed by atoms with Gasteiger partial charge in [-0.05, 0) is 19.9 Å². The Hall–Kier alpha value is -1.85. The van der Waals surface area contributed by atoms with E-state index in [-0.39, 0.29) is 5.56 Å². The Morgan fingerprint density at radius 3 is 2.56 bits per heavy atom. The van der Waals surface area contributed by atoms with Crippen LogP contribution in [0.4, 0.5) is 4.39 Å². The molecular formula is C10H12FNO4. The number of aryl methyl sites for hydroxylation is 2. The van der Waals surface area contributed by atoms with Crippen molar-refractivity contribution in [2.45, 2.75) is 19.9 Å². The summed E-state index contributed by atoms with van der Waals surface area (Å²) in [5.74, 6) is -1.15. The molecule has 1 aromatic heterocycles. The third-order valence-electron chi connectivity index (χ3n) is 2.04. The van der Waals surface area contributed by atoms with Gasteiger partial charge in [-0.15, -0.1) is 0 Å². The molecule has 16 heavy (non-hydrogen) atoms. The molecule has 2 N–H and O–H groups in total. The summed E-state index contributed by atoms with van der Waals surface area (Å²) in [4.78, 5) is 22.1. The lowest BCUT2D eigenvalue weighted by molar-refractivity contribution is -0.139. The number of furan rings is 1. The Morgan fingerprint density at radius 1 is 1.56 bits per heavy atom. The van der Waals surface area contributed by atoms with E-state index in [0.29, 0.717) is 11.5 Å². The molecule has 0 aliphatic heterocycles. The van der Waals surface area contributed by atoms with Crippen molar-refractivity contribution in [2.24, 2.45) is 0 Å². The molecule has 1 atom stereocenters. The van der Waals surface area contributed by atoms with E-state index >= 15 is 0 Å². The molecule has 1 aromatic rings. The minimum Gasteiger partial charge on any atom is -0.480 e. The van der Waals surface area contributed by atoms with Gasteiger partial charge in [0.2, 0.25) is 0 Å². The van der Waals surface area contributed by atoms with Gasteiger partial charge in [-0.2, -0.15) is 0 Å². The van der Waals surface area contributed by atoms with Crippen LogP contribution in [0.15, 0.2) is 10.5 Å². The summed E-state index contributed by atoms with van der Waals surface area (Å²) < 4.78 is 17.4. The molecule has 0 radical (unpaired) electrons. The highest BCUT2D eigenvalue weighted by atomic mass is 19.1. The number of amides is 1. The van der Waals surface area contributed by atoms with Crippen LogP contribution in [0.1, 0.15) is 21.9 Å². The molecule has 0 saturated carbocycles. The summed E-state index contributed by atoms with van der Waals surface area (Å²) in [5, 5.41) is 10.6. The average Bonchev–Trinajstić information content (AvgIpc) is 2.53. The number of rotatable bonds is 4. The Kier molecular flexibility index (Phi) is 3.65. The average molecular weight is 229 g/mol. The van der Waals surface area contributed by atoms with Gasteiger partial charge < -0.3 is 14.8 Å². The van der Waals surface area contributed by atoms with Gasteiger partial charge >= 0.3 is 5.97 Å². The number of hydrogen-bond donors (Lipinski definition) is 2. The van der Waals surface area contributed by atoms with Crippen LogP contribution in [0.5, 0.6) is 0 Å². The number of carboxylic acid groups (broad SMARTS) is 1. The SMILES string of the molecule is Cc1cc(C(=O)NC(CF)C(=O)O)c(C)o1. The molecule has 6 heteroatoms. The number of aliphatic carboxylic acids is 1. The second kappa shape index (κ2) is 4.78. The quantitative estimate of drug-likeness (QED) is 0.808. The van der Waals surface area contributed by atoms with Gasteiger partial charge in [-0.3, -0.25) is 4.79 Å². The smallest absolute Gasteiger partial charge is 0.328 e. The molecular weight excluding hydrogens is 217 g/mol. The van der Waals surface area contributed by atoms with E-state index in [4.69, 9.17) is 9.52 Å². The molecule has 0 fully saturated rings. The molecule has 0 aliphatic rings. The number of nitrogens with one attached hydrogen (secondary N) is 1. The van der Waals surface area contributed by atoms with E-state index in [2.05, 4.69) is 5.32 Å². The topological polar surface area (TPSA) is 79.5 Å². The van der Waals surface area contributed by atoms with Crippen LogP contribution in [-0.4, -0.2) is 29.7 Å². The second-order valence-corrected chi connectivity index (χ2v) is 3.35. The number of halogens is 1. The maximum Gasteiger partial charge on any atom is 0.328 e. The third kappa shape index (κ3) is 2.59. The molecule has 1 rings (SSSR count). The van der Waals surface area contributed by atoms with Crippen molar-refractivity contribution in [3.05, 3.63) is 23.2 Å². The first-order chi connectivity index (χ1) is 7.45. The van der Waals surface area contributed by atoms with Gasteiger partial charge in [-0.25, -0.2) is 9.18 Å². The van der Waals surface area contributed by atoms with Gasteiger partial charge in [0.1, 0.15) is 18.2 Å². The summed E-state index contributed by atoms with van der Waals surface area (Å²) in [7, 11) is 0. The van der Waals surface area contributed by atoms with Gasteiger partial charge in [0.25, 0.3) is 5.91 Å². The normalized spacial score (nSPS) is 12.2. The van der Waals surface area contributed by atoms with E-state index < -0.39 is 24.6 Å². The maximum absolute atomic E-state index is 12.3. The number of carbonyl (C=O) groups is 2. The summed E-state index contributed by atoms with van der Waals surface area (Å²) in [5.41, 5.74) is 0.220. The van der Waals surface area contributed by atoms with Gasteiger partial charge in [-0.1, -0.05) is 0 Å². The van der Waals surface area contributed by atoms with Crippen molar-refractivity contribution < 1.29 is 23.5 Å². The zero-order chi connectivity index (χ0) is 12.3. The van der Waals surface area contributed by atoms with E-state index in [9.17, 15) is 14.0 Å². The summed E-state index contributed by atoms with van der Waals surface area (Å²) in [6, 6.07) is -0.0518. The van der Waals surface area contributed by atoms with E-state index in [1.54, 1.807) is 13.8 Å². The number of alkyl halides is 1. The molecule has 0 aromatic carbocycles. The maximum atomic E-state index is 12.3. The van der Waals surface area contributed by atoms with E-state index in [1.165, 1.54) is 6.07 Å². The van der Waals surface area contributed by atoms with Crippen LogP contribution in [0.2, 0.25) is 0 Å².